The Balaban J connectivity index is 2.10. The maximum atomic E-state index is 12.3. The van der Waals surface area contributed by atoms with Crippen LogP contribution in [0.1, 0.15) is 21.6 Å². The van der Waals surface area contributed by atoms with E-state index in [1.165, 1.54) is 6.20 Å². The fraction of sp³-hybridized carbons (Fsp3) is 0.167. The van der Waals surface area contributed by atoms with Crippen LogP contribution >= 0.6 is 0 Å². The van der Waals surface area contributed by atoms with E-state index in [9.17, 15) is 14.7 Å². The van der Waals surface area contributed by atoms with E-state index < -0.39 is 11.4 Å². The molecule has 2 aromatic heterocycles. The topological polar surface area (TPSA) is 72.2 Å². The summed E-state index contributed by atoms with van der Waals surface area (Å²) < 4.78 is 1.75. The molecular weight excluding hydrogens is 292 g/mol. The lowest BCUT2D eigenvalue weighted by Gasteiger charge is -2.12. The van der Waals surface area contributed by atoms with Gasteiger partial charge in [-0.3, -0.25) is 4.79 Å². The van der Waals surface area contributed by atoms with Gasteiger partial charge in [0.25, 0.3) is 0 Å². The number of hydrogen-bond donors (Lipinski definition) is 1. The second-order valence-electron chi connectivity index (χ2n) is 5.43. The predicted molar refractivity (Wildman–Crippen MR) is 87.8 cm³/mol. The molecule has 0 fully saturated rings. The quantitative estimate of drug-likeness (QED) is 0.804. The highest BCUT2D eigenvalue weighted by molar-refractivity contribution is 5.91. The van der Waals surface area contributed by atoms with Crippen LogP contribution in [0.4, 0.5) is 0 Å². The van der Waals surface area contributed by atoms with Gasteiger partial charge in [-0.25, -0.2) is 9.78 Å². The normalized spacial score (nSPS) is 10.8. The molecule has 3 aromatic rings. The summed E-state index contributed by atoms with van der Waals surface area (Å²) in [6, 6.07) is 13.3. The second kappa shape index (κ2) is 6.04. The fourth-order valence-corrected chi connectivity index (χ4v) is 2.58. The van der Waals surface area contributed by atoms with Gasteiger partial charge < -0.3 is 9.67 Å². The summed E-state index contributed by atoms with van der Waals surface area (Å²) in [5.74, 6) is -1.22. The van der Waals surface area contributed by atoms with Crippen molar-refractivity contribution < 1.29 is 9.90 Å². The Bertz CT molecular complexity index is 930. The predicted octanol–water partition coefficient (Wildman–Crippen LogP) is 2.65. The molecule has 5 nitrogen and oxygen atoms in total. The van der Waals surface area contributed by atoms with Crippen molar-refractivity contribution in [3.63, 3.8) is 0 Å². The Morgan fingerprint density at radius 3 is 2.61 bits per heavy atom. The number of fused-ring (bicyclic) bond motifs is 1. The van der Waals surface area contributed by atoms with E-state index in [4.69, 9.17) is 0 Å². The number of carboxylic acid groups (broad SMARTS) is 1. The molecule has 3 rings (SSSR count). The number of benzene rings is 1. The number of rotatable bonds is 4. The van der Waals surface area contributed by atoms with E-state index in [-0.39, 0.29) is 5.56 Å². The van der Waals surface area contributed by atoms with Crippen molar-refractivity contribution in [2.45, 2.75) is 19.9 Å². The van der Waals surface area contributed by atoms with Crippen LogP contribution in [0.2, 0.25) is 0 Å². The molecule has 5 heteroatoms. The largest absolute Gasteiger partial charge is 0.477 e. The van der Waals surface area contributed by atoms with Gasteiger partial charge in [0.2, 0.25) is 5.43 Å². The SMILES string of the molecule is Cc1ccc2c(=O)c(C(=O)O)cn(CCc3ccccc3)c2n1. The molecule has 0 saturated heterocycles. The van der Waals surface area contributed by atoms with Crippen molar-refractivity contribution in [2.75, 3.05) is 0 Å². The van der Waals surface area contributed by atoms with Gasteiger partial charge in [-0.2, -0.15) is 0 Å². The number of hydrogen-bond acceptors (Lipinski definition) is 3. The van der Waals surface area contributed by atoms with E-state index in [0.717, 1.165) is 17.7 Å². The second-order valence-corrected chi connectivity index (χ2v) is 5.43. The van der Waals surface area contributed by atoms with E-state index in [0.29, 0.717) is 17.6 Å². The lowest BCUT2D eigenvalue weighted by atomic mass is 10.1. The highest BCUT2D eigenvalue weighted by Gasteiger charge is 2.15. The van der Waals surface area contributed by atoms with Crippen molar-refractivity contribution in [1.29, 1.82) is 0 Å². The molecule has 1 aromatic carbocycles. The molecule has 1 N–H and O–H groups in total. The molecule has 0 aliphatic rings. The Labute approximate surface area is 132 Å². The monoisotopic (exact) mass is 308 g/mol. The molecule has 0 atom stereocenters. The maximum Gasteiger partial charge on any atom is 0.341 e. The van der Waals surface area contributed by atoms with Crippen molar-refractivity contribution >= 4 is 17.0 Å². The van der Waals surface area contributed by atoms with Gasteiger partial charge in [0, 0.05) is 18.4 Å². The first-order chi connectivity index (χ1) is 11.1. The fourth-order valence-electron chi connectivity index (χ4n) is 2.58. The summed E-state index contributed by atoms with van der Waals surface area (Å²) in [6.45, 7) is 2.40. The summed E-state index contributed by atoms with van der Waals surface area (Å²) in [5.41, 5.74) is 1.74. The number of pyridine rings is 2. The van der Waals surface area contributed by atoms with Gasteiger partial charge in [-0.05, 0) is 31.0 Å². The molecule has 23 heavy (non-hydrogen) atoms. The minimum Gasteiger partial charge on any atom is -0.477 e. The van der Waals surface area contributed by atoms with Crippen molar-refractivity contribution in [1.82, 2.24) is 9.55 Å². The van der Waals surface area contributed by atoms with Crippen LogP contribution in [0.15, 0.2) is 53.5 Å². The highest BCUT2D eigenvalue weighted by Crippen LogP contribution is 2.12. The van der Waals surface area contributed by atoms with Crippen molar-refractivity contribution in [3.8, 4) is 0 Å². The lowest BCUT2D eigenvalue weighted by molar-refractivity contribution is 0.0695. The molecule has 0 aliphatic heterocycles. The van der Waals surface area contributed by atoms with E-state index >= 15 is 0 Å². The van der Waals surface area contributed by atoms with Crippen LogP contribution in [0.25, 0.3) is 11.0 Å². The smallest absolute Gasteiger partial charge is 0.341 e. The maximum absolute atomic E-state index is 12.3. The molecule has 0 saturated carbocycles. The van der Waals surface area contributed by atoms with Crippen LogP contribution in [-0.4, -0.2) is 20.6 Å². The minimum absolute atomic E-state index is 0.226. The third kappa shape index (κ3) is 2.99. The Morgan fingerprint density at radius 2 is 1.91 bits per heavy atom. The average molecular weight is 308 g/mol. The molecule has 2 heterocycles. The van der Waals surface area contributed by atoms with Gasteiger partial charge in [0.05, 0.1) is 5.39 Å². The Morgan fingerprint density at radius 1 is 1.17 bits per heavy atom. The number of carboxylic acids is 1. The minimum atomic E-state index is -1.22. The first-order valence-corrected chi connectivity index (χ1v) is 7.34. The number of aromatic carboxylic acids is 1. The van der Waals surface area contributed by atoms with E-state index in [1.54, 1.807) is 16.7 Å². The summed E-state index contributed by atoms with van der Waals surface area (Å²) in [5, 5.41) is 9.59. The first kappa shape index (κ1) is 15.0. The van der Waals surface area contributed by atoms with Crippen LogP contribution in [-0.2, 0) is 13.0 Å². The standard InChI is InChI=1S/C18H16N2O3/c1-12-7-8-14-16(21)15(18(22)23)11-20(17(14)19-12)10-9-13-5-3-2-4-6-13/h2-8,11H,9-10H2,1H3,(H,22,23). The Kier molecular flexibility index (Phi) is 3.93. The zero-order valence-electron chi connectivity index (χ0n) is 12.7. The molecule has 0 bridgehead atoms. The molecule has 0 spiro atoms. The number of carbonyl (C=O) groups is 1. The highest BCUT2D eigenvalue weighted by atomic mass is 16.4. The van der Waals surface area contributed by atoms with E-state index in [1.807, 2.05) is 37.3 Å². The van der Waals surface area contributed by atoms with Crippen LogP contribution < -0.4 is 5.43 Å². The number of aryl methyl sites for hydroxylation is 3. The molecule has 0 aliphatic carbocycles. The molecule has 116 valence electrons. The average Bonchev–Trinajstić information content (AvgIpc) is 2.55. The van der Waals surface area contributed by atoms with Crippen molar-refractivity contribution in [3.05, 3.63) is 75.7 Å². The first-order valence-electron chi connectivity index (χ1n) is 7.34. The molecule has 0 amide bonds. The summed E-state index contributed by atoms with van der Waals surface area (Å²) in [4.78, 5) is 28.0. The molecule has 0 unspecified atom stereocenters. The van der Waals surface area contributed by atoms with Crippen molar-refractivity contribution in [2.24, 2.45) is 0 Å². The van der Waals surface area contributed by atoms with Gasteiger partial charge in [0.15, 0.2) is 0 Å². The zero-order valence-corrected chi connectivity index (χ0v) is 12.7. The summed E-state index contributed by atoms with van der Waals surface area (Å²) in [7, 11) is 0. The van der Waals surface area contributed by atoms with Gasteiger partial charge >= 0.3 is 5.97 Å². The third-order valence-electron chi connectivity index (χ3n) is 3.78. The lowest BCUT2D eigenvalue weighted by Crippen LogP contribution is -2.20. The summed E-state index contributed by atoms with van der Waals surface area (Å²) in [6.07, 6.45) is 2.12. The summed E-state index contributed by atoms with van der Waals surface area (Å²) >= 11 is 0. The van der Waals surface area contributed by atoms with Gasteiger partial charge in [0.1, 0.15) is 11.2 Å². The van der Waals surface area contributed by atoms with Crippen LogP contribution in [0.3, 0.4) is 0 Å². The molecule has 0 radical (unpaired) electrons. The van der Waals surface area contributed by atoms with Crippen LogP contribution in [0, 0.1) is 6.92 Å². The Hall–Kier alpha value is -2.95. The zero-order chi connectivity index (χ0) is 16.4. The number of nitrogens with zero attached hydrogens (tertiary/aromatic N) is 2. The van der Waals surface area contributed by atoms with Gasteiger partial charge in [-0.1, -0.05) is 30.3 Å². The molecular formula is C18H16N2O3. The van der Waals surface area contributed by atoms with E-state index in [2.05, 4.69) is 4.98 Å². The van der Waals surface area contributed by atoms with Crippen LogP contribution in [0.5, 0.6) is 0 Å². The number of aromatic nitrogens is 2. The van der Waals surface area contributed by atoms with Gasteiger partial charge in [-0.15, -0.1) is 0 Å². The third-order valence-corrected chi connectivity index (χ3v) is 3.78.